The van der Waals surface area contributed by atoms with Gasteiger partial charge < -0.3 is 8.83 Å². The highest BCUT2D eigenvalue weighted by atomic mass is 16.3. The molecular weight excluding hydrogens is 651 g/mol. The zero-order valence-corrected chi connectivity index (χ0v) is 28.7. The number of amidine groups is 2. The molecule has 2 heterocycles. The van der Waals surface area contributed by atoms with E-state index in [1.54, 1.807) is 0 Å². The molecule has 250 valence electrons. The van der Waals surface area contributed by atoms with E-state index >= 15 is 0 Å². The molecule has 0 aliphatic carbocycles. The standard InChI is InChI=1S/C48H31N3O2/c1-49-47(35-22-19-31-9-2-3-10-33(31)26-35)51-48(50-29-30-17-24-44-41(25-30)39-11-4-6-14-42(39)52-44)36-23-20-32-18-21-34(27-37(32)28-36)38-13-8-16-45-46(38)40-12-5-7-15-43(40)53-45/h2-28H,1,29H2. The van der Waals surface area contributed by atoms with Crippen LogP contribution in [0.5, 0.6) is 0 Å². The van der Waals surface area contributed by atoms with Crippen molar-refractivity contribution in [3.63, 3.8) is 0 Å². The highest BCUT2D eigenvalue weighted by Crippen LogP contribution is 2.37. The molecule has 53 heavy (non-hydrogen) atoms. The summed E-state index contributed by atoms with van der Waals surface area (Å²) in [6, 6.07) is 56.3. The van der Waals surface area contributed by atoms with Crippen LogP contribution < -0.4 is 0 Å². The van der Waals surface area contributed by atoms with Gasteiger partial charge in [-0.2, -0.15) is 0 Å². The van der Waals surface area contributed by atoms with Gasteiger partial charge in [-0.1, -0.05) is 115 Å². The summed E-state index contributed by atoms with van der Waals surface area (Å²) >= 11 is 0. The minimum absolute atomic E-state index is 0.421. The largest absolute Gasteiger partial charge is 0.456 e. The molecule has 0 aliphatic heterocycles. The maximum Gasteiger partial charge on any atom is 0.161 e. The van der Waals surface area contributed by atoms with Gasteiger partial charge in [-0.15, -0.1) is 0 Å². The van der Waals surface area contributed by atoms with Crippen molar-refractivity contribution >= 4 is 83.8 Å². The van der Waals surface area contributed by atoms with E-state index in [-0.39, 0.29) is 0 Å². The van der Waals surface area contributed by atoms with Crippen LogP contribution in [-0.2, 0) is 6.54 Å². The number of nitrogens with zero attached hydrogens (tertiary/aromatic N) is 3. The average molecular weight is 682 g/mol. The molecule has 8 aromatic carbocycles. The SMILES string of the molecule is C=NC(=NC(=NCc1ccc2oc3ccccc3c2c1)c1ccc2ccc(-c3cccc4oc5ccccc5c34)cc2c1)c1ccc2ccccc2c1. The van der Waals surface area contributed by atoms with E-state index in [4.69, 9.17) is 18.8 Å². The zero-order valence-electron chi connectivity index (χ0n) is 28.7. The Morgan fingerprint density at radius 2 is 1.11 bits per heavy atom. The fraction of sp³-hybridized carbons (Fsp3) is 0.0208. The predicted octanol–water partition coefficient (Wildman–Crippen LogP) is 12.6. The Morgan fingerprint density at radius 1 is 0.472 bits per heavy atom. The molecule has 0 N–H and O–H groups in total. The Bertz CT molecular complexity index is 3130. The van der Waals surface area contributed by atoms with Gasteiger partial charge in [0, 0.05) is 32.7 Å². The van der Waals surface area contributed by atoms with Gasteiger partial charge >= 0.3 is 0 Å². The molecule has 2 aromatic heterocycles. The van der Waals surface area contributed by atoms with Gasteiger partial charge in [0.2, 0.25) is 0 Å². The molecule has 0 radical (unpaired) electrons. The van der Waals surface area contributed by atoms with E-state index in [0.29, 0.717) is 18.2 Å². The molecule has 5 heteroatoms. The molecule has 5 nitrogen and oxygen atoms in total. The second kappa shape index (κ2) is 12.6. The van der Waals surface area contributed by atoms with Gasteiger partial charge in [0.25, 0.3) is 0 Å². The van der Waals surface area contributed by atoms with Gasteiger partial charge in [-0.25, -0.2) is 9.98 Å². The summed E-state index contributed by atoms with van der Waals surface area (Å²) in [4.78, 5) is 14.7. The van der Waals surface area contributed by atoms with E-state index in [9.17, 15) is 0 Å². The average Bonchev–Trinajstić information content (AvgIpc) is 3.79. The fourth-order valence-electron chi connectivity index (χ4n) is 7.42. The maximum absolute atomic E-state index is 6.21. The van der Waals surface area contributed by atoms with Crippen LogP contribution in [0, 0.1) is 0 Å². The minimum atomic E-state index is 0.421. The highest BCUT2D eigenvalue weighted by Gasteiger charge is 2.14. The fourth-order valence-corrected chi connectivity index (χ4v) is 7.42. The summed E-state index contributed by atoms with van der Waals surface area (Å²) in [6.45, 7) is 4.34. The number of fused-ring (bicyclic) bond motifs is 8. The summed E-state index contributed by atoms with van der Waals surface area (Å²) < 4.78 is 12.3. The van der Waals surface area contributed by atoms with Crippen molar-refractivity contribution < 1.29 is 8.83 Å². The first-order valence-electron chi connectivity index (χ1n) is 17.6. The van der Waals surface area contributed by atoms with Gasteiger partial charge in [0.1, 0.15) is 22.3 Å². The van der Waals surface area contributed by atoms with Crippen molar-refractivity contribution in [2.75, 3.05) is 0 Å². The number of furan rings is 2. The molecule has 10 rings (SSSR count). The number of rotatable bonds is 5. The number of aliphatic imine (C=N–C) groups is 3. The lowest BCUT2D eigenvalue weighted by atomic mass is 9.96. The summed E-state index contributed by atoms with van der Waals surface area (Å²) in [6.07, 6.45) is 0. The third-order valence-corrected chi connectivity index (χ3v) is 10.0. The van der Waals surface area contributed by atoms with Crippen LogP contribution in [0.3, 0.4) is 0 Å². The van der Waals surface area contributed by atoms with Crippen molar-refractivity contribution in [2.45, 2.75) is 6.54 Å². The number of hydrogen-bond acceptors (Lipinski definition) is 3. The summed E-state index contributed by atoms with van der Waals surface area (Å²) in [5.41, 5.74) is 8.55. The molecule has 0 amide bonds. The van der Waals surface area contributed by atoms with Crippen LogP contribution in [0.2, 0.25) is 0 Å². The Labute approximate surface area is 304 Å². The van der Waals surface area contributed by atoms with Crippen LogP contribution in [0.15, 0.2) is 188 Å². The number of para-hydroxylation sites is 2. The van der Waals surface area contributed by atoms with Crippen LogP contribution in [0.4, 0.5) is 0 Å². The highest BCUT2D eigenvalue weighted by molar-refractivity contribution is 6.15. The monoisotopic (exact) mass is 681 g/mol. The molecule has 10 aromatic rings. The first-order valence-corrected chi connectivity index (χ1v) is 17.6. The Balaban J connectivity index is 1.10. The predicted molar refractivity (Wildman–Crippen MR) is 221 cm³/mol. The molecule has 0 saturated carbocycles. The Kier molecular flexibility index (Phi) is 7.29. The van der Waals surface area contributed by atoms with Crippen molar-refractivity contribution in [1.29, 1.82) is 0 Å². The second-order valence-electron chi connectivity index (χ2n) is 13.3. The molecule has 0 unspecified atom stereocenters. The second-order valence-corrected chi connectivity index (χ2v) is 13.3. The summed E-state index contributed by atoms with van der Waals surface area (Å²) in [5.74, 6) is 1.09. The maximum atomic E-state index is 6.21. The minimum Gasteiger partial charge on any atom is -0.456 e. The van der Waals surface area contributed by atoms with E-state index in [2.05, 4.69) is 115 Å². The van der Waals surface area contributed by atoms with Crippen molar-refractivity contribution in [2.24, 2.45) is 15.0 Å². The van der Waals surface area contributed by atoms with Crippen molar-refractivity contribution in [3.05, 3.63) is 180 Å². The van der Waals surface area contributed by atoms with Crippen LogP contribution in [0.25, 0.3) is 76.5 Å². The van der Waals surface area contributed by atoms with E-state index in [0.717, 1.165) is 93.2 Å². The molecule has 0 aliphatic rings. The molecule has 0 atom stereocenters. The van der Waals surface area contributed by atoms with E-state index in [1.165, 1.54) is 0 Å². The lowest BCUT2D eigenvalue weighted by Crippen LogP contribution is -2.06. The van der Waals surface area contributed by atoms with E-state index in [1.807, 2.05) is 60.7 Å². The van der Waals surface area contributed by atoms with Crippen LogP contribution in [-0.4, -0.2) is 18.4 Å². The van der Waals surface area contributed by atoms with Gasteiger partial charge in [0.15, 0.2) is 11.7 Å². The third kappa shape index (κ3) is 5.47. The zero-order chi connectivity index (χ0) is 35.3. The van der Waals surface area contributed by atoms with Crippen LogP contribution in [0.1, 0.15) is 16.7 Å². The Morgan fingerprint density at radius 3 is 1.96 bits per heavy atom. The van der Waals surface area contributed by atoms with Gasteiger partial charge in [-0.05, 0) is 93.5 Å². The van der Waals surface area contributed by atoms with Gasteiger partial charge in [0.05, 0.1) is 6.54 Å². The topological polar surface area (TPSA) is 63.4 Å². The van der Waals surface area contributed by atoms with Crippen molar-refractivity contribution in [3.8, 4) is 11.1 Å². The first kappa shape index (κ1) is 30.7. The quantitative estimate of drug-likeness (QED) is 0.134. The lowest BCUT2D eigenvalue weighted by molar-refractivity contribution is 0.668. The van der Waals surface area contributed by atoms with Crippen LogP contribution >= 0.6 is 0 Å². The number of benzene rings is 8. The molecular formula is C48H31N3O2. The van der Waals surface area contributed by atoms with Crippen molar-refractivity contribution in [1.82, 2.24) is 0 Å². The first-order chi connectivity index (χ1) is 26.2. The summed E-state index contributed by atoms with van der Waals surface area (Å²) in [5, 5.41) is 8.85. The molecule has 0 bridgehead atoms. The lowest BCUT2D eigenvalue weighted by Gasteiger charge is -2.10. The molecule has 0 fully saturated rings. The number of hydrogen-bond donors (Lipinski definition) is 0. The van der Waals surface area contributed by atoms with E-state index < -0.39 is 0 Å². The normalized spacial score (nSPS) is 12.5. The smallest absolute Gasteiger partial charge is 0.161 e. The third-order valence-electron chi connectivity index (χ3n) is 10.0. The van der Waals surface area contributed by atoms with Gasteiger partial charge in [-0.3, -0.25) is 4.99 Å². The molecule has 0 saturated heterocycles. The molecule has 0 spiro atoms. The summed E-state index contributed by atoms with van der Waals surface area (Å²) in [7, 11) is 0. The Hall–Kier alpha value is -7.11.